The molecule has 0 unspecified atom stereocenters. The summed E-state index contributed by atoms with van der Waals surface area (Å²) in [5.74, 6) is -0.632. The van der Waals surface area contributed by atoms with Crippen LogP contribution in [0.15, 0.2) is 18.2 Å². The van der Waals surface area contributed by atoms with Crippen LogP contribution in [0.1, 0.15) is 37.0 Å². The fraction of sp³-hybridized carbons (Fsp3) is 0.500. The molecule has 1 aromatic carbocycles. The second kappa shape index (κ2) is 5.11. The van der Waals surface area contributed by atoms with E-state index in [1.807, 2.05) is 0 Å². The lowest BCUT2D eigenvalue weighted by molar-refractivity contribution is -0.384. The highest BCUT2D eigenvalue weighted by Crippen LogP contribution is 2.51. The van der Waals surface area contributed by atoms with Gasteiger partial charge in [-0.15, -0.1) is 0 Å². The van der Waals surface area contributed by atoms with Crippen LogP contribution in [0, 0.1) is 21.4 Å². The molecule has 0 atom stereocenters. The lowest BCUT2D eigenvalue weighted by Gasteiger charge is -2.21. The van der Waals surface area contributed by atoms with Crippen molar-refractivity contribution >= 4 is 17.3 Å². The molecule has 0 bridgehead atoms. The predicted octanol–water partition coefficient (Wildman–Crippen LogP) is 3.14. The van der Waals surface area contributed by atoms with Gasteiger partial charge in [-0.2, -0.15) is 0 Å². The molecule has 1 aromatic rings. The van der Waals surface area contributed by atoms with Gasteiger partial charge in [-0.25, -0.2) is 4.79 Å². The second-order valence-electron chi connectivity index (χ2n) is 5.66. The highest BCUT2D eigenvalue weighted by Gasteiger charge is 2.45. The van der Waals surface area contributed by atoms with Crippen LogP contribution < -0.4 is 5.32 Å². The second-order valence-corrected chi connectivity index (χ2v) is 5.66. The molecule has 1 aliphatic carbocycles. The molecule has 20 heavy (non-hydrogen) atoms. The van der Waals surface area contributed by atoms with Gasteiger partial charge in [-0.05, 0) is 30.2 Å². The monoisotopic (exact) mass is 278 g/mol. The number of aromatic carboxylic acids is 1. The molecule has 2 rings (SSSR count). The number of nitrogens with one attached hydrogen (secondary N) is 1. The van der Waals surface area contributed by atoms with Gasteiger partial charge in [-0.3, -0.25) is 10.1 Å². The van der Waals surface area contributed by atoms with E-state index in [0.29, 0.717) is 18.2 Å². The summed E-state index contributed by atoms with van der Waals surface area (Å²) in [6.07, 6.45) is 2.26. The van der Waals surface area contributed by atoms with Crippen molar-refractivity contribution in [3.05, 3.63) is 33.9 Å². The van der Waals surface area contributed by atoms with Gasteiger partial charge in [0.2, 0.25) is 0 Å². The van der Waals surface area contributed by atoms with E-state index >= 15 is 0 Å². The number of rotatable bonds is 6. The summed E-state index contributed by atoms with van der Waals surface area (Å²) in [7, 11) is 0. The van der Waals surface area contributed by atoms with Gasteiger partial charge in [0.25, 0.3) is 5.69 Å². The average Bonchev–Trinajstić information content (AvgIpc) is 3.17. The lowest BCUT2D eigenvalue weighted by Crippen LogP contribution is -2.21. The molecule has 2 N–H and O–H groups in total. The summed E-state index contributed by atoms with van der Waals surface area (Å²) in [6.45, 7) is 5.01. The Morgan fingerprint density at radius 3 is 2.60 bits per heavy atom. The van der Waals surface area contributed by atoms with Crippen LogP contribution in [-0.2, 0) is 0 Å². The molecule has 0 amide bonds. The van der Waals surface area contributed by atoms with Crippen molar-refractivity contribution in [2.24, 2.45) is 11.3 Å². The van der Waals surface area contributed by atoms with Crippen molar-refractivity contribution in [1.29, 1.82) is 0 Å². The van der Waals surface area contributed by atoms with Crippen molar-refractivity contribution in [2.45, 2.75) is 26.7 Å². The van der Waals surface area contributed by atoms with E-state index in [4.69, 9.17) is 5.11 Å². The van der Waals surface area contributed by atoms with Gasteiger partial charge < -0.3 is 10.4 Å². The topological polar surface area (TPSA) is 92.5 Å². The number of carboxylic acids is 1. The molecule has 1 aliphatic rings. The van der Waals surface area contributed by atoms with Crippen LogP contribution in [0.4, 0.5) is 11.4 Å². The van der Waals surface area contributed by atoms with E-state index < -0.39 is 10.9 Å². The van der Waals surface area contributed by atoms with Crippen LogP contribution in [0.5, 0.6) is 0 Å². The lowest BCUT2D eigenvalue weighted by atomic mass is 9.92. The fourth-order valence-corrected chi connectivity index (χ4v) is 2.37. The van der Waals surface area contributed by atoms with Crippen LogP contribution in [0.3, 0.4) is 0 Å². The molecule has 1 saturated carbocycles. The number of non-ortho nitro benzene ring substituents is 1. The number of carbonyl (C=O) groups is 1. The molecule has 0 saturated heterocycles. The standard InChI is InChI=1S/C14H18N2O4/c1-9(2)14(5-6-14)8-15-12-4-3-10(16(19)20)7-11(12)13(17)18/h3-4,7,9,15H,5-6,8H2,1-2H3,(H,17,18). The zero-order valence-electron chi connectivity index (χ0n) is 11.5. The van der Waals surface area contributed by atoms with Gasteiger partial charge in [0.15, 0.2) is 0 Å². The Bertz CT molecular complexity index is 550. The third kappa shape index (κ3) is 2.74. The molecule has 0 aliphatic heterocycles. The maximum atomic E-state index is 11.2. The number of hydrogen-bond acceptors (Lipinski definition) is 4. The summed E-state index contributed by atoms with van der Waals surface area (Å²) in [4.78, 5) is 21.3. The highest BCUT2D eigenvalue weighted by atomic mass is 16.6. The summed E-state index contributed by atoms with van der Waals surface area (Å²) in [5.41, 5.74) is 0.407. The van der Waals surface area contributed by atoms with Crippen LogP contribution in [0.2, 0.25) is 0 Å². The molecule has 0 spiro atoms. The van der Waals surface area contributed by atoms with Crippen molar-refractivity contribution in [1.82, 2.24) is 0 Å². The Kier molecular flexibility index (Phi) is 3.65. The molecular weight excluding hydrogens is 260 g/mol. The minimum atomic E-state index is -1.16. The number of nitrogens with zero attached hydrogens (tertiary/aromatic N) is 1. The summed E-state index contributed by atoms with van der Waals surface area (Å²) in [6, 6.07) is 3.89. The zero-order valence-corrected chi connectivity index (χ0v) is 11.5. The number of anilines is 1. The SMILES string of the molecule is CC(C)C1(CNc2ccc([N+](=O)[O-])cc2C(=O)O)CC1. The summed E-state index contributed by atoms with van der Waals surface area (Å²) < 4.78 is 0. The summed E-state index contributed by atoms with van der Waals surface area (Å²) >= 11 is 0. The van der Waals surface area contributed by atoms with E-state index in [2.05, 4.69) is 19.2 Å². The Morgan fingerprint density at radius 1 is 1.50 bits per heavy atom. The summed E-state index contributed by atoms with van der Waals surface area (Å²) in [5, 5.41) is 23.0. The Labute approximate surface area is 117 Å². The minimum absolute atomic E-state index is 0.0567. The molecule has 6 heteroatoms. The number of hydrogen-bond donors (Lipinski definition) is 2. The molecular formula is C14H18N2O4. The van der Waals surface area contributed by atoms with E-state index in [0.717, 1.165) is 18.9 Å². The zero-order chi connectivity index (χ0) is 14.9. The molecule has 0 heterocycles. The van der Waals surface area contributed by atoms with Crippen molar-refractivity contribution in [3.8, 4) is 0 Å². The molecule has 0 radical (unpaired) electrons. The third-order valence-electron chi connectivity index (χ3n) is 4.19. The van der Waals surface area contributed by atoms with Gasteiger partial charge in [-0.1, -0.05) is 13.8 Å². The first-order chi connectivity index (χ1) is 9.35. The fourth-order valence-electron chi connectivity index (χ4n) is 2.37. The molecule has 6 nitrogen and oxygen atoms in total. The first-order valence-electron chi connectivity index (χ1n) is 6.61. The highest BCUT2D eigenvalue weighted by molar-refractivity contribution is 5.95. The first kappa shape index (κ1) is 14.3. The maximum Gasteiger partial charge on any atom is 0.338 e. The average molecular weight is 278 g/mol. The Hall–Kier alpha value is -2.11. The normalized spacial score (nSPS) is 15.9. The van der Waals surface area contributed by atoms with E-state index in [-0.39, 0.29) is 16.7 Å². The number of carboxylic acid groups (broad SMARTS) is 1. The maximum absolute atomic E-state index is 11.2. The Morgan fingerprint density at radius 2 is 2.15 bits per heavy atom. The predicted molar refractivity (Wildman–Crippen MR) is 75.1 cm³/mol. The van der Waals surface area contributed by atoms with E-state index in [1.54, 1.807) is 0 Å². The smallest absolute Gasteiger partial charge is 0.338 e. The minimum Gasteiger partial charge on any atom is -0.478 e. The van der Waals surface area contributed by atoms with Crippen molar-refractivity contribution < 1.29 is 14.8 Å². The van der Waals surface area contributed by atoms with Crippen molar-refractivity contribution in [2.75, 3.05) is 11.9 Å². The van der Waals surface area contributed by atoms with Crippen LogP contribution in [0.25, 0.3) is 0 Å². The van der Waals surface area contributed by atoms with Gasteiger partial charge in [0, 0.05) is 24.4 Å². The van der Waals surface area contributed by atoms with E-state index in [9.17, 15) is 14.9 Å². The molecule has 1 fully saturated rings. The van der Waals surface area contributed by atoms with Crippen LogP contribution in [-0.4, -0.2) is 22.5 Å². The van der Waals surface area contributed by atoms with Gasteiger partial charge in [0.1, 0.15) is 0 Å². The van der Waals surface area contributed by atoms with Gasteiger partial charge in [0.05, 0.1) is 10.5 Å². The van der Waals surface area contributed by atoms with Crippen molar-refractivity contribution in [3.63, 3.8) is 0 Å². The largest absolute Gasteiger partial charge is 0.478 e. The molecule has 108 valence electrons. The number of benzene rings is 1. The molecule has 0 aromatic heterocycles. The van der Waals surface area contributed by atoms with Gasteiger partial charge >= 0.3 is 5.97 Å². The van der Waals surface area contributed by atoms with Crippen LogP contribution >= 0.6 is 0 Å². The quantitative estimate of drug-likeness (QED) is 0.616. The third-order valence-corrected chi connectivity index (χ3v) is 4.19. The number of nitro groups is 1. The van der Waals surface area contributed by atoms with E-state index in [1.165, 1.54) is 12.1 Å². The number of nitro benzene ring substituents is 1. The first-order valence-corrected chi connectivity index (χ1v) is 6.61. The Balaban J connectivity index is 2.19.